The molecular weight excluding hydrogens is 322 g/mol. The van der Waals surface area contributed by atoms with E-state index in [9.17, 15) is 4.79 Å². The highest BCUT2D eigenvalue weighted by molar-refractivity contribution is 6.12. The third kappa shape index (κ3) is 5.04. The van der Waals surface area contributed by atoms with Crippen LogP contribution in [0.4, 0.5) is 0 Å². The molecule has 0 radical (unpaired) electrons. The molecule has 136 valence electrons. The molecular formula is C23H27NO2. The zero-order chi connectivity index (χ0) is 18.6. The van der Waals surface area contributed by atoms with Gasteiger partial charge in [-0.3, -0.25) is 9.79 Å². The Bertz CT molecular complexity index is 727. The highest BCUT2D eigenvalue weighted by atomic mass is 16.6. The molecule has 0 aliphatic heterocycles. The largest absolute Gasteiger partial charge is 0.460 e. The molecule has 0 N–H and O–H groups in total. The molecule has 0 bridgehead atoms. The summed E-state index contributed by atoms with van der Waals surface area (Å²) in [6.07, 6.45) is 2.52. The van der Waals surface area contributed by atoms with E-state index in [4.69, 9.17) is 9.73 Å². The first-order valence-electron chi connectivity index (χ1n) is 9.24. The van der Waals surface area contributed by atoms with Gasteiger partial charge in [-0.25, -0.2) is 0 Å². The Hall–Kier alpha value is -2.42. The summed E-state index contributed by atoms with van der Waals surface area (Å²) in [6, 6.07) is 20.5. The van der Waals surface area contributed by atoms with Gasteiger partial charge in [-0.05, 0) is 33.6 Å². The summed E-state index contributed by atoms with van der Waals surface area (Å²) in [4.78, 5) is 17.2. The van der Waals surface area contributed by atoms with Crippen LogP contribution >= 0.6 is 0 Å². The number of ether oxygens (including phenoxy) is 1. The minimum atomic E-state index is -0.435. The molecule has 0 spiro atoms. The number of esters is 1. The molecule has 1 saturated carbocycles. The van der Waals surface area contributed by atoms with Gasteiger partial charge in [0.1, 0.15) is 5.60 Å². The molecule has 0 heterocycles. The molecule has 3 heteroatoms. The maximum atomic E-state index is 12.2. The van der Waals surface area contributed by atoms with Crippen molar-refractivity contribution in [1.29, 1.82) is 0 Å². The number of hydrogen-bond acceptors (Lipinski definition) is 3. The first kappa shape index (κ1) is 18.4. The molecule has 2 aromatic carbocycles. The molecule has 0 amide bonds. The van der Waals surface area contributed by atoms with Gasteiger partial charge in [-0.15, -0.1) is 0 Å². The van der Waals surface area contributed by atoms with E-state index in [0.717, 1.165) is 29.7 Å². The molecule has 26 heavy (non-hydrogen) atoms. The van der Waals surface area contributed by atoms with Crippen LogP contribution in [0, 0.1) is 5.41 Å². The third-order valence-electron chi connectivity index (χ3n) is 4.56. The van der Waals surface area contributed by atoms with Crippen molar-refractivity contribution in [2.24, 2.45) is 10.4 Å². The smallest absolute Gasteiger partial charge is 0.306 e. The molecule has 1 aliphatic rings. The van der Waals surface area contributed by atoms with Gasteiger partial charge in [0.15, 0.2) is 0 Å². The van der Waals surface area contributed by atoms with Crippen molar-refractivity contribution in [3.8, 4) is 0 Å². The lowest BCUT2D eigenvalue weighted by Gasteiger charge is -2.21. The summed E-state index contributed by atoms with van der Waals surface area (Å²) >= 11 is 0. The minimum Gasteiger partial charge on any atom is -0.460 e. The Morgan fingerprint density at radius 1 is 0.962 bits per heavy atom. The topological polar surface area (TPSA) is 38.7 Å². The summed E-state index contributed by atoms with van der Waals surface area (Å²) < 4.78 is 5.50. The quantitative estimate of drug-likeness (QED) is 0.541. The van der Waals surface area contributed by atoms with Gasteiger partial charge in [-0.1, -0.05) is 60.7 Å². The van der Waals surface area contributed by atoms with Crippen LogP contribution in [-0.4, -0.2) is 23.8 Å². The van der Waals surface area contributed by atoms with Gasteiger partial charge in [0.25, 0.3) is 0 Å². The monoisotopic (exact) mass is 349 g/mol. The van der Waals surface area contributed by atoms with E-state index in [0.29, 0.717) is 13.0 Å². The number of benzene rings is 2. The van der Waals surface area contributed by atoms with Crippen molar-refractivity contribution >= 4 is 11.7 Å². The molecule has 0 aromatic heterocycles. The standard InChI is InChI=1S/C23H27NO2/c1-22(2,3)26-20(25)16-23(14-15-23)17-24-21(18-10-6-4-7-11-18)19-12-8-5-9-13-19/h4-13H,14-17H2,1-3H3. The molecule has 0 atom stereocenters. The lowest BCUT2D eigenvalue weighted by molar-refractivity contribution is -0.156. The van der Waals surface area contributed by atoms with Crippen LogP contribution < -0.4 is 0 Å². The molecule has 0 unspecified atom stereocenters. The fraction of sp³-hybridized carbons (Fsp3) is 0.391. The van der Waals surface area contributed by atoms with Crippen molar-refractivity contribution in [1.82, 2.24) is 0 Å². The average Bonchev–Trinajstić information content (AvgIpc) is 3.34. The zero-order valence-electron chi connectivity index (χ0n) is 15.9. The first-order chi connectivity index (χ1) is 12.4. The number of nitrogens with zero attached hydrogens (tertiary/aromatic N) is 1. The predicted molar refractivity (Wildman–Crippen MR) is 106 cm³/mol. The van der Waals surface area contributed by atoms with Gasteiger partial charge in [0.05, 0.1) is 12.1 Å². The van der Waals surface area contributed by atoms with Crippen molar-refractivity contribution < 1.29 is 9.53 Å². The number of aliphatic imine (C=N–C) groups is 1. The van der Waals surface area contributed by atoms with Gasteiger partial charge >= 0.3 is 5.97 Å². The molecule has 2 aromatic rings. The summed E-state index contributed by atoms with van der Waals surface area (Å²) in [5.41, 5.74) is 2.73. The molecule has 1 fully saturated rings. The normalized spacial score (nSPS) is 15.2. The second-order valence-corrected chi connectivity index (χ2v) is 8.16. The maximum Gasteiger partial charge on any atom is 0.306 e. The van der Waals surface area contributed by atoms with E-state index >= 15 is 0 Å². The predicted octanol–water partition coefficient (Wildman–Crippen LogP) is 5.04. The highest BCUT2D eigenvalue weighted by Gasteiger charge is 2.45. The molecule has 1 aliphatic carbocycles. The van der Waals surface area contributed by atoms with Gasteiger partial charge < -0.3 is 4.74 Å². The first-order valence-corrected chi connectivity index (χ1v) is 9.24. The fourth-order valence-corrected chi connectivity index (χ4v) is 3.04. The van der Waals surface area contributed by atoms with E-state index in [-0.39, 0.29) is 11.4 Å². The van der Waals surface area contributed by atoms with Crippen molar-refractivity contribution in [2.45, 2.75) is 45.6 Å². The minimum absolute atomic E-state index is 0.0306. The average molecular weight is 349 g/mol. The maximum absolute atomic E-state index is 12.2. The van der Waals surface area contributed by atoms with Gasteiger partial charge in [-0.2, -0.15) is 0 Å². The molecule has 0 saturated heterocycles. The van der Waals surface area contributed by atoms with Crippen LogP contribution in [0.15, 0.2) is 65.7 Å². The SMILES string of the molecule is CC(C)(C)OC(=O)CC1(CN=C(c2ccccc2)c2ccccc2)CC1. The Kier molecular flexibility index (Phi) is 5.26. The van der Waals surface area contributed by atoms with Crippen molar-refractivity contribution in [3.63, 3.8) is 0 Å². The van der Waals surface area contributed by atoms with Crippen LogP contribution in [-0.2, 0) is 9.53 Å². The third-order valence-corrected chi connectivity index (χ3v) is 4.56. The van der Waals surface area contributed by atoms with Crippen molar-refractivity contribution in [2.75, 3.05) is 6.54 Å². The van der Waals surface area contributed by atoms with Crippen LogP contribution in [0.5, 0.6) is 0 Å². The Morgan fingerprint density at radius 2 is 1.46 bits per heavy atom. The van der Waals surface area contributed by atoms with Crippen LogP contribution in [0.3, 0.4) is 0 Å². The summed E-state index contributed by atoms with van der Waals surface area (Å²) in [6.45, 7) is 6.38. The van der Waals surface area contributed by atoms with Crippen LogP contribution in [0.1, 0.15) is 51.2 Å². The summed E-state index contributed by atoms with van der Waals surface area (Å²) in [5.74, 6) is -0.119. The highest BCUT2D eigenvalue weighted by Crippen LogP contribution is 2.49. The fourth-order valence-electron chi connectivity index (χ4n) is 3.04. The van der Waals surface area contributed by atoms with Gasteiger partial charge in [0, 0.05) is 23.1 Å². The van der Waals surface area contributed by atoms with Crippen LogP contribution in [0.2, 0.25) is 0 Å². The number of hydrogen-bond donors (Lipinski definition) is 0. The number of carbonyl (C=O) groups excluding carboxylic acids is 1. The van der Waals surface area contributed by atoms with Crippen molar-refractivity contribution in [3.05, 3.63) is 71.8 Å². The van der Waals surface area contributed by atoms with E-state index in [1.807, 2.05) is 57.2 Å². The van der Waals surface area contributed by atoms with E-state index in [1.165, 1.54) is 0 Å². The van der Waals surface area contributed by atoms with E-state index in [2.05, 4.69) is 24.3 Å². The second kappa shape index (κ2) is 7.45. The number of carbonyl (C=O) groups is 1. The van der Waals surface area contributed by atoms with Gasteiger partial charge in [0.2, 0.25) is 0 Å². The second-order valence-electron chi connectivity index (χ2n) is 8.16. The Balaban J connectivity index is 1.78. The lowest BCUT2D eigenvalue weighted by Crippen LogP contribution is -2.26. The lowest BCUT2D eigenvalue weighted by atomic mass is 10.00. The van der Waals surface area contributed by atoms with Crippen LogP contribution in [0.25, 0.3) is 0 Å². The summed E-state index contributed by atoms with van der Waals surface area (Å²) in [7, 11) is 0. The Labute approximate surface area is 156 Å². The van der Waals surface area contributed by atoms with E-state index in [1.54, 1.807) is 0 Å². The number of rotatable bonds is 6. The van der Waals surface area contributed by atoms with E-state index < -0.39 is 5.60 Å². The Morgan fingerprint density at radius 3 is 1.88 bits per heavy atom. The molecule has 3 nitrogen and oxygen atoms in total. The zero-order valence-corrected chi connectivity index (χ0v) is 15.9. The molecule has 3 rings (SSSR count). The summed E-state index contributed by atoms with van der Waals surface area (Å²) in [5, 5.41) is 0.